The molecule has 0 saturated heterocycles. The Morgan fingerprint density at radius 3 is 2.20 bits per heavy atom. The first-order valence-corrected chi connectivity index (χ1v) is 17.5. The number of benzene rings is 4. The summed E-state index contributed by atoms with van der Waals surface area (Å²) in [6.07, 6.45) is 10.3. The van der Waals surface area contributed by atoms with Crippen LogP contribution in [-0.2, 0) is 0 Å². The van der Waals surface area contributed by atoms with Crippen LogP contribution in [0.25, 0.3) is 44.4 Å². The molecule has 0 radical (unpaired) electrons. The highest BCUT2D eigenvalue weighted by Gasteiger charge is 2.21. The van der Waals surface area contributed by atoms with E-state index in [4.69, 9.17) is 9.84 Å². The maximum atomic E-state index is 14.3. The highest BCUT2D eigenvalue weighted by Crippen LogP contribution is 2.40. The molecule has 0 fully saturated rings. The molecule has 0 bridgehead atoms. The Hall–Kier alpha value is -5.23. The second kappa shape index (κ2) is 13.7. The number of aryl methyl sites for hydroxylation is 1. The van der Waals surface area contributed by atoms with Gasteiger partial charge in [-0.25, -0.2) is 14.1 Å². The van der Waals surface area contributed by atoms with E-state index < -0.39 is 0 Å². The summed E-state index contributed by atoms with van der Waals surface area (Å²) >= 11 is 0. The number of pyridine rings is 1. The Morgan fingerprint density at radius 1 is 0.755 bits per heavy atom. The maximum Gasteiger partial charge on any atom is 0.140 e. The highest BCUT2D eigenvalue weighted by atomic mass is 19.1. The lowest BCUT2D eigenvalue weighted by molar-refractivity contribution is 0.483. The second-order valence-corrected chi connectivity index (χ2v) is 13.3. The van der Waals surface area contributed by atoms with Crippen molar-refractivity contribution in [1.29, 1.82) is 0 Å². The summed E-state index contributed by atoms with van der Waals surface area (Å²) in [6.45, 7) is 11.5. The maximum absolute atomic E-state index is 14.3. The molecule has 0 saturated carbocycles. The number of halogens is 1. The molecular weight excluding hydrogens is 607 g/mol. The van der Waals surface area contributed by atoms with E-state index in [-0.39, 0.29) is 5.82 Å². The van der Waals surface area contributed by atoms with Gasteiger partial charge in [0.05, 0.1) is 22.9 Å². The molecule has 49 heavy (non-hydrogen) atoms. The third-order valence-electron chi connectivity index (χ3n) is 9.62. The molecule has 0 aliphatic rings. The van der Waals surface area contributed by atoms with Gasteiger partial charge >= 0.3 is 0 Å². The molecule has 2 atom stereocenters. The van der Waals surface area contributed by atoms with Gasteiger partial charge in [0.2, 0.25) is 0 Å². The molecule has 6 heteroatoms. The number of para-hydroxylation sites is 1. The van der Waals surface area contributed by atoms with Crippen LogP contribution in [0.2, 0.25) is 0 Å². The third-order valence-corrected chi connectivity index (χ3v) is 9.62. The quantitative estimate of drug-likeness (QED) is 0.140. The largest absolute Gasteiger partial charge is 0.457 e. The number of fused-ring (bicyclic) bond motifs is 3. The summed E-state index contributed by atoms with van der Waals surface area (Å²) < 4.78 is 24.7. The van der Waals surface area contributed by atoms with Crippen molar-refractivity contribution in [3.8, 4) is 34.1 Å². The van der Waals surface area contributed by atoms with Crippen molar-refractivity contribution in [2.75, 3.05) is 0 Å². The molecule has 0 N–H and O–H groups in total. The topological polar surface area (TPSA) is 44.9 Å². The summed E-state index contributed by atoms with van der Waals surface area (Å²) in [6, 6.07) is 29.7. The zero-order chi connectivity index (χ0) is 34.1. The Labute approximate surface area is 288 Å². The van der Waals surface area contributed by atoms with E-state index >= 15 is 0 Å². The molecule has 1 unspecified atom stereocenters. The standard InChI is InChI=1S/C43H43FN4O/c1-6-11-29(4)38-21-28(3)22-39(30(5)12-7-2)43(38)31-26-46-47(27-31)33-13-10-14-34(24-33)49-35-17-18-37-36-15-8-9-16-40(36)48(41(37)25-35)42-23-32(44)19-20-45-42/h8-10,13-27,29-30H,6-7,11-12H2,1-5H3/t29-,30?/m1/s1. The average molecular weight is 651 g/mol. The summed E-state index contributed by atoms with van der Waals surface area (Å²) in [7, 11) is 0. The van der Waals surface area contributed by atoms with Crippen molar-refractivity contribution in [1.82, 2.24) is 19.3 Å². The molecule has 7 rings (SSSR count). The zero-order valence-electron chi connectivity index (χ0n) is 29.0. The lowest BCUT2D eigenvalue weighted by atomic mass is 9.81. The van der Waals surface area contributed by atoms with Gasteiger partial charge in [-0.3, -0.25) is 4.57 Å². The smallest absolute Gasteiger partial charge is 0.140 e. The minimum absolute atomic E-state index is 0.331. The molecule has 248 valence electrons. The van der Waals surface area contributed by atoms with Crippen LogP contribution in [0.15, 0.2) is 110 Å². The Balaban J connectivity index is 1.24. The first kappa shape index (κ1) is 32.3. The summed E-state index contributed by atoms with van der Waals surface area (Å²) in [4.78, 5) is 4.49. The predicted octanol–water partition coefficient (Wildman–Crippen LogP) is 12.1. The fourth-order valence-corrected chi connectivity index (χ4v) is 7.33. The molecule has 5 nitrogen and oxygen atoms in total. The van der Waals surface area contributed by atoms with Crippen molar-refractivity contribution >= 4 is 21.8 Å². The number of rotatable bonds is 11. The molecule has 3 heterocycles. The summed E-state index contributed by atoms with van der Waals surface area (Å²) in [5.74, 6) is 2.48. The summed E-state index contributed by atoms with van der Waals surface area (Å²) in [5.41, 5.74) is 9.40. The molecule has 0 aliphatic carbocycles. The number of aromatic nitrogens is 4. The van der Waals surface area contributed by atoms with Gasteiger partial charge in [0.15, 0.2) is 0 Å². The van der Waals surface area contributed by atoms with E-state index in [9.17, 15) is 4.39 Å². The van der Waals surface area contributed by atoms with E-state index in [0.29, 0.717) is 29.2 Å². The molecule has 0 aliphatic heterocycles. The monoisotopic (exact) mass is 650 g/mol. The normalized spacial score (nSPS) is 12.9. The highest BCUT2D eigenvalue weighted by molar-refractivity contribution is 6.09. The Morgan fingerprint density at radius 2 is 1.47 bits per heavy atom. The molecule has 0 spiro atoms. The Bertz CT molecular complexity index is 2230. The van der Waals surface area contributed by atoms with Gasteiger partial charge in [0.25, 0.3) is 0 Å². The van der Waals surface area contributed by atoms with Gasteiger partial charge in [0, 0.05) is 46.9 Å². The molecule has 3 aromatic heterocycles. The van der Waals surface area contributed by atoms with E-state index in [2.05, 4.69) is 76.1 Å². The van der Waals surface area contributed by atoms with Gasteiger partial charge in [-0.2, -0.15) is 5.10 Å². The first-order chi connectivity index (χ1) is 23.8. The van der Waals surface area contributed by atoms with Crippen LogP contribution in [0.1, 0.15) is 81.9 Å². The van der Waals surface area contributed by atoms with Crippen LogP contribution in [-0.4, -0.2) is 19.3 Å². The third kappa shape index (κ3) is 6.35. The van der Waals surface area contributed by atoms with Crippen molar-refractivity contribution < 1.29 is 9.13 Å². The van der Waals surface area contributed by atoms with Crippen molar-refractivity contribution in [2.24, 2.45) is 0 Å². The van der Waals surface area contributed by atoms with Crippen LogP contribution in [0.4, 0.5) is 4.39 Å². The van der Waals surface area contributed by atoms with Gasteiger partial charge in [-0.15, -0.1) is 0 Å². The van der Waals surface area contributed by atoms with Crippen LogP contribution >= 0.6 is 0 Å². The van der Waals surface area contributed by atoms with Crippen molar-refractivity contribution in [2.45, 2.75) is 72.1 Å². The average Bonchev–Trinajstić information content (AvgIpc) is 3.71. The van der Waals surface area contributed by atoms with E-state index in [1.165, 1.54) is 40.6 Å². The second-order valence-electron chi connectivity index (χ2n) is 13.3. The fraction of sp³-hybridized carbons (Fsp3) is 0.256. The number of ether oxygens (including phenoxy) is 1. The van der Waals surface area contributed by atoms with Crippen LogP contribution < -0.4 is 4.74 Å². The Kier molecular flexibility index (Phi) is 9.05. The van der Waals surface area contributed by atoms with Gasteiger partial charge in [-0.1, -0.05) is 82.5 Å². The van der Waals surface area contributed by atoms with Gasteiger partial charge < -0.3 is 4.74 Å². The van der Waals surface area contributed by atoms with Gasteiger partial charge in [0.1, 0.15) is 23.1 Å². The zero-order valence-corrected chi connectivity index (χ0v) is 29.0. The van der Waals surface area contributed by atoms with Crippen LogP contribution in [0.3, 0.4) is 0 Å². The molecule has 4 aromatic carbocycles. The van der Waals surface area contributed by atoms with Crippen molar-refractivity contribution in [3.63, 3.8) is 0 Å². The minimum atomic E-state index is -0.331. The van der Waals surface area contributed by atoms with Crippen LogP contribution in [0.5, 0.6) is 11.5 Å². The predicted molar refractivity (Wildman–Crippen MR) is 199 cm³/mol. The number of nitrogens with zero attached hydrogens (tertiary/aromatic N) is 4. The summed E-state index contributed by atoms with van der Waals surface area (Å²) in [5, 5.41) is 6.98. The fourth-order valence-electron chi connectivity index (χ4n) is 7.33. The van der Waals surface area contributed by atoms with Gasteiger partial charge in [-0.05, 0) is 84.7 Å². The first-order valence-electron chi connectivity index (χ1n) is 17.5. The lowest BCUT2D eigenvalue weighted by Gasteiger charge is -2.23. The SMILES string of the molecule is CCCC(C)c1cc(C)cc([C@H](C)CCC)c1-c1cnn(-c2cccc(Oc3ccc4c5ccccc5n(-c5cc(F)ccn5)c4c3)c2)c1. The number of hydrogen-bond donors (Lipinski definition) is 0. The van der Waals surface area contributed by atoms with E-state index in [0.717, 1.165) is 58.7 Å². The minimum Gasteiger partial charge on any atom is -0.457 e. The van der Waals surface area contributed by atoms with E-state index in [1.54, 1.807) is 0 Å². The van der Waals surface area contributed by atoms with Crippen molar-refractivity contribution in [3.05, 3.63) is 132 Å². The van der Waals surface area contributed by atoms with E-state index in [1.807, 2.05) is 64.0 Å². The molecule has 7 aromatic rings. The number of hydrogen-bond acceptors (Lipinski definition) is 3. The lowest BCUT2D eigenvalue weighted by Crippen LogP contribution is -2.04. The molecule has 0 amide bonds. The molecular formula is C43H43FN4O. The van der Waals surface area contributed by atoms with Crippen LogP contribution in [0, 0.1) is 12.7 Å².